The lowest BCUT2D eigenvalue weighted by Crippen LogP contribution is -2.31. The molecule has 1 fully saturated rings. The molecule has 1 amide bonds. The molecule has 0 aromatic heterocycles. The normalized spacial score (nSPS) is 17.5. The highest BCUT2D eigenvalue weighted by molar-refractivity contribution is 7.98. The zero-order valence-electron chi connectivity index (χ0n) is 13.4. The van der Waals surface area contributed by atoms with Crippen molar-refractivity contribution < 1.29 is 9.18 Å². The Balaban J connectivity index is 1.90. The summed E-state index contributed by atoms with van der Waals surface area (Å²) < 4.78 is 13.1. The molecule has 4 heteroatoms. The van der Waals surface area contributed by atoms with E-state index in [9.17, 15) is 9.18 Å². The predicted molar refractivity (Wildman–Crippen MR) is 92.4 cm³/mol. The van der Waals surface area contributed by atoms with Gasteiger partial charge in [-0.3, -0.25) is 4.79 Å². The van der Waals surface area contributed by atoms with Crippen LogP contribution in [-0.2, 0) is 0 Å². The molecule has 3 rings (SSSR count). The minimum absolute atomic E-state index is 0.0421. The van der Waals surface area contributed by atoms with E-state index >= 15 is 0 Å². The second-order valence-corrected chi connectivity index (χ2v) is 6.77. The third-order valence-corrected chi connectivity index (χ3v) is 5.17. The van der Waals surface area contributed by atoms with Crippen molar-refractivity contribution in [3.05, 3.63) is 65.0 Å². The molecule has 1 heterocycles. The van der Waals surface area contributed by atoms with Gasteiger partial charge in [0.2, 0.25) is 0 Å². The van der Waals surface area contributed by atoms with Gasteiger partial charge >= 0.3 is 0 Å². The van der Waals surface area contributed by atoms with Gasteiger partial charge in [-0.15, -0.1) is 11.8 Å². The highest BCUT2D eigenvalue weighted by Gasteiger charge is 2.31. The summed E-state index contributed by atoms with van der Waals surface area (Å²) in [6.45, 7) is 2.73. The smallest absolute Gasteiger partial charge is 0.254 e. The summed E-state index contributed by atoms with van der Waals surface area (Å²) in [4.78, 5) is 16.1. The minimum Gasteiger partial charge on any atom is -0.332 e. The fourth-order valence-electron chi connectivity index (χ4n) is 3.15. The summed E-state index contributed by atoms with van der Waals surface area (Å²) in [5.41, 5.74) is 2.78. The molecule has 0 N–H and O–H groups in total. The zero-order chi connectivity index (χ0) is 16.4. The average Bonchev–Trinajstić information content (AvgIpc) is 3.05. The van der Waals surface area contributed by atoms with Gasteiger partial charge in [-0.2, -0.15) is 0 Å². The number of aryl methyl sites for hydroxylation is 1. The van der Waals surface area contributed by atoms with Crippen molar-refractivity contribution in [2.24, 2.45) is 0 Å². The van der Waals surface area contributed by atoms with Crippen LogP contribution in [0.25, 0.3) is 0 Å². The molecule has 2 nitrogen and oxygen atoms in total. The lowest BCUT2D eigenvalue weighted by Gasteiger charge is -2.26. The van der Waals surface area contributed by atoms with E-state index in [4.69, 9.17) is 0 Å². The second-order valence-electron chi connectivity index (χ2n) is 5.89. The van der Waals surface area contributed by atoms with Crippen LogP contribution in [0.4, 0.5) is 4.39 Å². The number of hydrogen-bond acceptors (Lipinski definition) is 2. The molecule has 1 aliphatic rings. The van der Waals surface area contributed by atoms with Gasteiger partial charge in [-0.1, -0.05) is 18.2 Å². The molecule has 1 unspecified atom stereocenters. The number of thioether (sulfide) groups is 1. The second kappa shape index (κ2) is 6.75. The van der Waals surface area contributed by atoms with E-state index in [1.807, 2.05) is 36.3 Å². The van der Waals surface area contributed by atoms with E-state index in [-0.39, 0.29) is 17.8 Å². The number of amides is 1. The standard InChI is InChI=1S/C19H20FNOS/c1-13-5-10-16(23-2)12-17(13)19(22)21-11-3-4-18(21)14-6-8-15(20)9-7-14/h5-10,12,18H,3-4,11H2,1-2H3. The van der Waals surface area contributed by atoms with Crippen LogP contribution in [0.1, 0.15) is 40.4 Å². The maximum absolute atomic E-state index is 13.1. The first-order valence-corrected chi connectivity index (χ1v) is 9.03. The molecule has 1 saturated heterocycles. The maximum Gasteiger partial charge on any atom is 0.254 e. The number of carbonyl (C=O) groups excluding carboxylic acids is 1. The minimum atomic E-state index is -0.242. The summed E-state index contributed by atoms with van der Waals surface area (Å²) in [6.07, 6.45) is 3.92. The predicted octanol–water partition coefficient (Wildman–Crippen LogP) is 4.83. The lowest BCUT2D eigenvalue weighted by atomic mass is 10.0. The number of rotatable bonds is 3. The molecule has 0 aliphatic carbocycles. The van der Waals surface area contributed by atoms with Crippen LogP contribution in [0, 0.1) is 12.7 Å². The first-order chi connectivity index (χ1) is 11.1. The number of carbonyl (C=O) groups is 1. The topological polar surface area (TPSA) is 20.3 Å². The Morgan fingerprint density at radius 2 is 1.96 bits per heavy atom. The number of likely N-dealkylation sites (tertiary alicyclic amines) is 1. The van der Waals surface area contributed by atoms with Crippen molar-refractivity contribution in [3.63, 3.8) is 0 Å². The molecular weight excluding hydrogens is 309 g/mol. The Morgan fingerprint density at radius 1 is 1.22 bits per heavy atom. The molecule has 2 aromatic rings. The van der Waals surface area contributed by atoms with Gasteiger partial charge in [0, 0.05) is 17.0 Å². The van der Waals surface area contributed by atoms with Crippen molar-refractivity contribution in [3.8, 4) is 0 Å². The molecular formula is C19H20FNOS. The number of benzene rings is 2. The molecule has 23 heavy (non-hydrogen) atoms. The first kappa shape index (κ1) is 16.1. The van der Waals surface area contributed by atoms with Crippen LogP contribution < -0.4 is 0 Å². The van der Waals surface area contributed by atoms with Crippen LogP contribution in [-0.4, -0.2) is 23.6 Å². The number of halogens is 1. The molecule has 0 saturated carbocycles. The Kier molecular flexibility index (Phi) is 4.71. The van der Waals surface area contributed by atoms with E-state index in [2.05, 4.69) is 0 Å². The van der Waals surface area contributed by atoms with Crippen molar-refractivity contribution in [2.75, 3.05) is 12.8 Å². The molecule has 0 bridgehead atoms. The third kappa shape index (κ3) is 3.27. The lowest BCUT2D eigenvalue weighted by molar-refractivity contribution is 0.0734. The Hall–Kier alpha value is -1.81. The van der Waals surface area contributed by atoms with Gasteiger partial charge in [-0.25, -0.2) is 4.39 Å². The van der Waals surface area contributed by atoms with Crippen LogP contribution in [0.2, 0.25) is 0 Å². The van der Waals surface area contributed by atoms with Crippen molar-refractivity contribution >= 4 is 17.7 Å². The molecule has 1 aliphatic heterocycles. The van der Waals surface area contributed by atoms with E-state index < -0.39 is 0 Å². The van der Waals surface area contributed by atoms with Crippen molar-refractivity contribution in [1.82, 2.24) is 4.90 Å². The Bertz CT molecular complexity index is 714. The van der Waals surface area contributed by atoms with Crippen LogP contribution >= 0.6 is 11.8 Å². The van der Waals surface area contributed by atoms with E-state index in [1.54, 1.807) is 23.9 Å². The molecule has 0 radical (unpaired) electrons. The van der Waals surface area contributed by atoms with E-state index in [1.165, 1.54) is 12.1 Å². The fraction of sp³-hybridized carbons (Fsp3) is 0.316. The third-order valence-electron chi connectivity index (χ3n) is 4.44. The Labute approximate surface area is 140 Å². The number of nitrogens with zero attached hydrogens (tertiary/aromatic N) is 1. The van der Waals surface area contributed by atoms with Gasteiger partial charge in [0.1, 0.15) is 5.82 Å². The van der Waals surface area contributed by atoms with Gasteiger partial charge in [0.25, 0.3) is 5.91 Å². The fourth-order valence-corrected chi connectivity index (χ4v) is 3.59. The molecule has 1 atom stereocenters. The number of hydrogen-bond donors (Lipinski definition) is 0. The largest absolute Gasteiger partial charge is 0.332 e. The van der Waals surface area contributed by atoms with Crippen LogP contribution in [0.3, 0.4) is 0 Å². The van der Waals surface area contributed by atoms with Crippen molar-refractivity contribution in [1.29, 1.82) is 0 Å². The quantitative estimate of drug-likeness (QED) is 0.752. The summed E-state index contributed by atoms with van der Waals surface area (Å²) in [7, 11) is 0. The summed E-state index contributed by atoms with van der Waals surface area (Å²) in [5.74, 6) is -0.168. The summed E-state index contributed by atoms with van der Waals surface area (Å²) in [5, 5.41) is 0. The highest BCUT2D eigenvalue weighted by atomic mass is 32.2. The van der Waals surface area contributed by atoms with Crippen molar-refractivity contribution in [2.45, 2.75) is 30.7 Å². The van der Waals surface area contributed by atoms with Gasteiger partial charge in [0.05, 0.1) is 6.04 Å². The summed E-state index contributed by atoms with van der Waals surface area (Å²) in [6, 6.07) is 12.6. The SMILES string of the molecule is CSc1ccc(C)c(C(=O)N2CCCC2c2ccc(F)cc2)c1. The molecule has 120 valence electrons. The maximum atomic E-state index is 13.1. The van der Waals surface area contributed by atoms with Gasteiger partial charge in [-0.05, 0) is 61.4 Å². The average molecular weight is 329 g/mol. The zero-order valence-corrected chi connectivity index (χ0v) is 14.2. The highest BCUT2D eigenvalue weighted by Crippen LogP contribution is 2.34. The van der Waals surface area contributed by atoms with Crippen LogP contribution in [0.5, 0.6) is 0 Å². The monoisotopic (exact) mass is 329 g/mol. The molecule has 2 aromatic carbocycles. The molecule has 0 spiro atoms. The first-order valence-electron chi connectivity index (χ1n) is 7.81. The van der Waals surface area contributed by atoms with Gasteiger partial charge in [0.15, 0.2) is 0 Å². The van der Waals surface area contributed by atoms with Gasteiger partial charge < -0.3 is 4.90 Å². The van der Waals surface area contributed by atoms with E-state index in [0.717, 1.165) is 41.0 Å². The summed E-state index contributed by atoms with van der Waals surface area (Å²) >= 11 is 1.64. The Morgan fingerprint density at radius 3 is 2.65 bits per heavy atom. The van der Waals surface area contributed by atoms with Crippen LogP contribution in [0.15, 0.2) is 47.4 Å². The van der Waals surface area contributed by atoms with E-state index in [0.29, 0.717) is 0 Å².